The number of nitrogens with one attached hydrogen (secondary N) is 1. The van der Waals surface area contributed by atoms with Gasteiger partial charge in [-0.1, -0.05) is 11.6 Å². The van der Waals surface area contributed by atoms with Gasteiger partial charge in [0.2, 0.25) is 0 Å². The second-order valence-corrected chi connectivity index (χ2v) is 5.41. The second kappa shape index (κ2) is 5.49. The minimum atomic E-state index is 0.447. The van der Waals surface area contributed by atoms with E-state index < -0.39 is 0 Å². The summed E-state index contributed by atoms with van der Waals surface area (Å²) >= 11 is 5.95. The molecule has 0 bridgehead atoms. The summed E-state index contributed by atoms with van der Waals surface area (Å²) in [5.74, 6) is 0. The van der Waals surface area contributed by atoms with Gasteiger partial charge in [0.25, 0.3) is 0 Å². The molecular weight excluding hydrogens is 262 g/mol. The highest BCUT2D eigenvalue weighted by atomic mass is 35.5. The molecule has 1 saturated carbocycles. The van der Waals surface area contributed by atoms with Crippen molar-refractivity contribution >= 4 is 17.2 Å². The lowest BCUT2D eigenvalue weighted by Gasteiger charge is -2.35. The lowest BCUT2D eigenvalue weighted by molar-refractivity contribution is -0.0103. The fourth-order valence-electron chi connectivity index (χ4n) is 2.46. The summed E-state index contributed by atoms with van der Waals surface area (Å²) in [7, 11) is 0. The number of imidazole rings is 1. The number of pyridine rings is 1. The minimum absolute atomic E-state index is 0.447. The van der Waals surface area contributed by atoms with Gasteiger partial charge < -0.3 is 14.5 Å². The van der Waals surface area contributed by atoms with Crippen LogP contribution in [0.25, 0.3) is 5.65 Å². The molecule has 1 fully saturated rings. The average molecular weight is 280 g/mol. The Bertz CT molecular complexity index is 563. The Hall–Kier alpha value is -1.10. The van der Waals surface area contributed by atoms with Crippen LogP contribution < -0.4 is 5.32 Å². The molecule has 1 aliphatic rings. The Morgan fingerprint density at radius 2 is 2.26 bits per heavy atom. The minimum Gasteiger partial charge on any atom is -0.378 e. The lowest BCUT2D eigenvalue weighted by Crippen LogP contribution is -2.45. The fourth-order valence-corrected chi connectivity index (χ4v) is 2.62. The third kappa shape index (κ3) is 2.91. The highest BCUT2D eigenvalue weighted by Gasteiger charge is 2.28. The Labute approximate surface area is 117 Å². The second-order valence-electron chi connectivity index (χ2n) is 4.97. The summed E-state index contributed by atoms with van der Waals surface area (Å²) in [6, 6.07) is 4.35. The van der Waals surface area contributed by atoms with Gasteiger partial charge in [-0.2, -0.15) is 0 Å². The largest absolute Gasteiger partial charge is 0.378 e. The molecule has 3 rings (SSSR count). The van der Waals surface area contributed by atoms with Gasteiger partial charge in [-0.3, -0.25) is 0 Å². The van der Waals surface area contributed by atoms with E-state index in [-0.39, 0.29) is 0 Å². The first kappa shape index (κ1) is 12.9. The fraction of sp³-hybridized carbons (Fsp3) is 0.500. The van der Waals surface area contributed by atoms with E-state index in [1.165, 1.54) is 0 Å². The monoisotopic (exact) mass is 279 g/mol. The summed E-state index contributed by atoms with van der Waals surface area (Å²) in [6.45, 7) is 3.65. The summed E-state index contributed by atoms with van der Waals surface area (Å²) in [4.78, 5) is 4.55. The Morgan fingerprint density at radius 1 is 1.42 bits per heavy atom. The summed E-state index contributed by atoms with van der Waals surface area (Å²) in [6.07, 6.45) is 6.55. The number of rotatable bonds is 5. The van der Waals surface area contributed by atoms with Crippen LogP contribution in [-0.2, 0) is 11.3 Å². The molecule has 0 radical (unpaired) electrons. The van der Waals surface area contributed by atoms with E-state index in [9.17, 15) is 0 Å². The predicted octanol–water partition coefficient (Wildman–Crippen LogP) is 2.64. The zero-order chi connectivity index (χ0) is 13.2. The lowest BCUT2D eigenvalue weighted by atomic mass is 9.89. The SMILES string of the molecule is CCOC1CC(NCc2cn3cc(Cl)ccc3n2)C1. The Morgan fingerprint density at radius 3 is 3.05 bits per heavy atom. The molecular formula is C14H18ClN3O. The van der Waals surface area contributed by atoms with Crippen molar-refractivity contribution in [2.24, 2.45) is 0 Å². The van der Waals surface area contributed by atoms with Gasteiger partial charge in [0.1, 0.15) is 5.65 Å². The van der Waals surface area contributed by atoms with Gasteiger partial charge in [-0.05, 0) is 31.9 Å². The van der Waals surface area contributed by atoms with Crippen molar-refractivity contribution in [1.29, 1.82) is 0 Å². The van der Waals surface area contributed by atoms with Crippen molar-refractivity contribution in [3.63, 3.8) is 0 Å². The first-order chi connectivity index (χ1) is 9.24. The molecule has 19 heavy (non-hydrogen) atoms. The van der Waals surface area contributed by atoms with Crippen LogP contribution >= 0.6 is 11.6 Å². The van der Waals surface area contributed by atoms with Gasteiger partial charge in [-0.25, -0.2) is 4.98 Å². The number of aromatic nitrogens is 2. The molecule has 102 valence electrons. The molecule has 1 N–H and O–H groups in total. The van der Waals surface area contributed by atoms with E-state index in [2.05, 4.69) is 10.3 Å². The first-order valence-corrected chi connectivity index (χ1v) is 7.10. The van der Waals surface area contributed by atoms with E-state index in [1.54, 1.807) is 0 Å². The van der Waals surface area contributed by atoms with Crippen LogP contribution in [0.1, 0.15) is 25.5 Å². The average Bonchev–Trinajstić information content (AvgIpc) is 2.73. The Kier molecular flexibility index (Phi) is 3.73. The number of hydrogen-bond acceptors (Lipinski definition) is 3. The van der Waals surface area contributed by atoms with Gasteiger partial charge >= 0.3 is 0 Å². The van der Waals surface area contributed by atoms with Gasteiger partial charge in [0, 0.05) is 31.6 Å². The maximum absolute atomic E-state index is 5.95. The maximum atomic E-state index is 5.95. The van der Waals surface area contributed by atoms with E-state index in [0.717, 1.165) is 42.4 Å². The predicted molar refractivity (Wildman–Crippen MR) is 75.5 cm³/mol. The normalized spacial score (nSPS) is 22.6. The van der Waals surface area contributed by atoms with Gasteiger partial charge in [0.05, 0.1) is 16.8 Å². The standard InChI is InChI=1S/C14H18ClN3O/c1-2-19-13-5-11(6-13)16-7-12-9-18-8-10(15)3-4-14(18)17-12/h3-4,8-9,11,13,16H,2,5-7H2,1H3. The topological polar surface area (TPSA) is 38.6 Å². The van der Waals surface area contributed by atoms with Gasteiger partial charge in [0.15, 0.2) is 0 Å². The van der Waals surface area contributed by atoms with Crippen LogP contribution in [0.5, 0.6) is 0 Å². The number of ether oxygens (including phenoxy) is 1. The first-order valence-electron chi connectivity index (χ1n) is 6.72. The van der Waals surface area contributed by atoms with Gasteiger partial charge in [-0.15, -0.1) is 0 Å². The quantitative estimate of drug-likeness (QED) is 0.914. The number of nitrogens with zero attached hydrogens (tertiary/aromatic N) is 2. The summed E-state index contributed by atoms with van der Waals surface area (Å²) in [5, 5.41) is 4.24. The van der Waals surface area contributed by atoms with E-state index in [0.29, 0.717) is 12.1 Å². The van der Waals surface area contributed by atoms with Crippen LogP contribution in [0.4, 0.5) is 0 Å². The third-order valence-electron chi connectivity index (χ3n) is 3.53. The molecule has 2 heterocycles. The molecule has 0 atom stereocenters. The molecule has 0 unspecified atom stereocenters. The summed E-state index contributed by atoms with van der Waals surface area (Å²) < 4.78 is 7.51. The molecule has 0 aromatic carbocycles. The molecule has 2 aromatic heterocycles. The van der Waals surface area contributed by atoms with E-state index in [1.807, 2.05) is 35.9 Å². The van der Waals surface area contributed by atoms with Crippen LogP contribution in [0.3, 0.4) is 0 Å². The number of fused-ring (bicyclic) bond motifs is 1. The van der Waals surface area contributed by atoms with Crippen LogP contribution in [0.15, 0.2) is 24.5 Å². The van der Waals surface area contributed by atoms with E-state index >= 15 is 0 Å². The van der Waals surface area contributed by atoms with Crippen LogP contribution in [0.2, 0.25) is 5.02 Å². The van der Waals surface area contributed by atoms with Crippen LogP contribution in [0, 0.1) is 0 Å². The third-order valence-corrected chi connectivity index (χ3v) is 3.76. The molecule has 5 heteroatoms. The van der Waals surface area contributed by atoms with E-state index in [4.69, 9.17) is 16.3 Å². The number of halogens is 1. The van der Waals surface area contributed by atoms with Crippen molar-refractivity contribution in [2.75, 3.05) is 6.61 Å². The smallest absolute Gasteiger partial charge is 0.137 e. The zero-order valence-electron chi connectivity index (χ0n) is 11.0. The molecule has 1 aliphatic carbocycles. The maximum Gasteiger partial charge on any atom is 0.137 e. The Balaban J connectivity index is 1.55. The van der Waals surface area contributed by atoms with Crippen LogP contribution in [-0.4, -0.2) is 28.1 Å². The van der Waals surface area contributed by atoms with Crippen molar-refractivity contribution < 1.29 is 4.74 Å². The number of hydrogen-bond donors (Lipinski definition) is 1. The van der Waals surface area contributed by atoms with Crippen molar-refractivity contribution in [1.82, 2.24) is 14.7 Å². The molecule has 0 spiro atoms. The highest BCUT2D eigenvalue weighted by molar-refractivity contribution is 6.30. The van der Waals surface area contributed by atoms with Crippen molar-refractivity contribution in [2.45, 2.75) is 38.5 Å². The summed E-state index contributed by atoms with van der Waals surface area (Å²) in [5.41, 5.74) is 1.98. The molecule has 0 amide bonds. The molecule has 2 aromatic rings. The van der Waals surface area contributed by atoms with Crippen molar-refractivity contribution in [3.8, 4) is 0 Å². The zero-order valence-corrected chi connectivity index (χ0v) is 11.7. The van der Waals surface area contributed by atoms with Crippen molar-refractivity contribution in [3.05, 3.63) is 35.2 Å². The molecule has 4 nitrogen and oxygen atoms in total. The highest BCUT2D eigenvalue weighted by Crippen LogP contribution is 2.23. The molecule has 0 saturated heterocycles. The molecule has 0 aliphatic heterocycles.